The van der Waals surface area contributed by atoms with Gasteiger partial charge in [0.15, 0.2) is 0 Å². The molecule has 0 N–H and O–H groups in total. The van der Waals surface area contributed by atoms with Crippen molar-refractivity contribution >= 4 is 33.2 Å². The second kappa shape index (κ2) is 4.80. The molecule has 1 aliphatic rings. The summed E-state index contributed by atoms with van der Waals surface area (Å²) in [6.45, 7) is 5.88. The van der Waals surface area contributed by atoms with Gasteiger partial charge in [0.05, 0.1) is 14.7 Å². The molecule has 2 aromatic rings. The Morgan fingerprint density at radius 1 is 1.32 bits per heavy atom. The lowest BCUT2D eigenvalue weighted by Gasteiger charge is -2.35. The van der Waals surface area contributed by atoms with Crippen LogP contribution in [0.15, 0.2) is 28.1 Å². The highest BCUT2D eigenvalue weighted by molar-refractivity contribution is 9.11. The Morgan fingerprint density at radius 2 is 2.11 bits per heavy atom. The van der Waals surface area contributed by atoms with Crippen LogP contribution in [0.2, 0.25) is 0 Å². The summed E-state index contributed by atoms with van der Waals surface area (Å²) in [6, 6.07) is 8.21. The summed E-state index contributed by atoms with van der Waals surface area (Å²) in [6.07, 6.45) is 0. The van der Waals surface area contributed by atoms with Gasteiger partial charge in [0.2, 0.25) is 0 Å². The number of carbonyl (C=O) groups excluding carboxylic acids is 1. The fourth-order valence-corrected chi connectivity index (χ4v) is 4.01. The van der Waals surface area contributed by atoms with E-state index in [0.29, 0.717) is 0 Å². The first kappa shape index (κ1) is 12.9. The van der Waals surface area contributed by atoms with Gasteiger partial charge in [-0.1, -0.05) is 0 Å². The molecule has 0 fully saturated rings. The zero-order chi connectivity index (χ0) is 13.6. The molecule has 1 amide bonds. The number of carbonyl (C=O) groups is 1. The van der Waals surface area contributed by atoms with E-state index in [9.17, 15) is 4.79 Å². The number of aryl methyl sites for hydroxylation is 1. The third-order valence-corrected chi connectivity index (χ3v) is 5.35. The Bertz CT molecular complexity index is 631. The van der Waals surface area contributed by atoms with Crippen molar-refractivity contribution in [3.8, 4) is 0 Å². The van der Waals surface area contributed by atoms with Gasteiger partial charge in [-0.3, -0.25) is 4.79 Å². The summed E-state index contributed by atoms with van der Waals surface area (Å²) >= 11 is 4.91. The van der Waals surface area contributed by atoms with Crippen LogP contribution in [-0.2, 0) is 6.54 Å². The quantitative estimate of drug-likeness (QED) is 0.775. The maximum atomic E-state index is 12.5. The number of fused-ring (bicyclic) bond motifs is 1. The molecule has 2 aromatic heterocycles. The molecule has 0 radical (unpaired) electrons. The summed E-state index contributed by atoms with van der Waals surface area (Å²) in [5.74, 6) is 0.133. The van der Waals surface area contributed by atoms with E-state index in [1.807, 2.05) is 17.0 Å². The molecule has 0 aromatic carbocycles. The number of amides is 1. The average molecular weight is 339 g/mol. The molecule has 19 heavy (non-hydrogen) atoms. The van der Waals surface area contributed by atoms with Gasteiger partial charge in [0.25, 0.3) is 5.91 Å². The summed E-state index contributed by atoms with van der Waals surface area (Å²) in [7, 11) is 0. The molecule has 0 bridgehead atoms. The zero-order valence-electron chi connectivity index (χ0n) is 10.9. The van der Waals surface area contributed by atoms with Gasteiger partial charge < -0.3 is 9.47 Å². The summed E-state index contributed by atoms with van der Waals surface area (Å²) in [5, 5.41) is 0. The van der Waals surface area contributed by atoms with Gasteiger partial charge in [-0.25, -0.2) is 0 Å². The first-order chi connectivity index (χ1) is 9.08. The van der Waals surface area contributed by atoms with Crippen molar-refractivity contribution in [3.63, 3.8) is 0 Å². The van der Waals surface area contributed by atoms with Crippen molar-refractivity contribution in [1.29, 1.82) is 0 Å². The SMILES string of the molecule is Cc1ccc2n1CCN(C(=O)c1ccc(Br)s1)C2C. The third kappa shape index (κ3) is 2.15. The summed E-state index contributed by atoms with van der Waals surface area (Å²) < 4.78 is 3.30. The van der Waals surface area contributed by atoms with Crippen molar-refractivity contribution in [2.45, 2.75) is 26.4 Å². The Labute approximate surface area is 125 Å². The Morgan fingerprint density at radius 3 is 2.79 bits per heavy atom. The highest BCUT2D eigenvalue weighted by Gasteiger charge is 2.29. The number of halogens is 1. The van der Waals surface area contributed by atoms with E-state index >= 15 is 0 Å². The zero-order valence-corrected chi connectivity index (χ0v) is 13.3. The number of hydrogen-bond donors (Lipinski definition) is 0. The fourth-order valence-electron chi connectivity index (χ4n) is 2.67. The molecule has 0 saturated heterocycles. The Kier molecular flexibility index (Phi) is 3.27. The number of aromatic nitrogens is 1. The molecule has 1 unspecified atom stereocenters. The van der Waals surface area contributed by atoms with Gasteiger partial charge in [-0.2, -0.15) is 0 Å². The number of thiophene rings is 1. The molecule has 0 saturated carbocycles. The van der Waals surface area contributed by atoms with Crippen molar-refractivity contribution in [3.05, 3.63) is 44.3 Å². The van der Waals surface area contributed by atoms with Crippen molar-refractivity contribution in [1.82, 2.24) is 9.47 Å². The third-order valence-electron chi connectivity index (χ3n) is 3.74. The molecule has 1 aliphatic heterocycles. The number of nitrogens with zero attached hydrogens (tertiary/aromatic N) is 2. The van der Waals surface area contributed by atoms with E-state index < -0.39 is 0 Å². The predicted molar refractivity (Wildman–Crippen MR) is 80.6 cm³/mol. The molecule has 0 aliphatic carbocycles. The average Bonchev–Trinajstić information content (AvgIpc) is 2.97. The van der Waals surface area contributed by atoms with Crippen LogP contribution in [0.5, 0.6) is 0 Å². The standard InChI is InChI=1S/C14H15BrN2OS/c1-9-3-4-11-10(2)17(8-7-16(9)11)14(18)12-5-6-13(15)19-12/h3-6,10H,7-8H2,1-2H3. The van der Waals surface area contributed by atoms with Crippen LogP contribution in [-0.4, -0.2) is 21.9 Å². The minimum atomic E-state index is 0.133. The van der Waals surface area contributed by atoms with Crippen LogP contribution in [0.3, 0.4) is 0 Å². The largest absolute Gasteiger partial charge is 0.345 e. The van der Waals surface area contributed by atoms with Gasteiger partial charge >= 0.3 is 0 Å². The monoisotopic (exact) mass is 338 g/mol. The van der Waals surface area contributed by atoms with E-state index in [2.05, 4.69) is 46.5 Å². The van der Waals surface area contributed by atoms with Crippen molar-refractivity contribution in [2.75, 3.05) is 6.54 Å². The molecule has 1 atom stereocenters. The first-order valence-electron chi connectivity index (χ1n) is 6.30. The van der Waals surface area contributed by atoms with Gasteiger partial charge in [-0.05, 0) is 54.0 Å². The van der Waals surface area contributed by atoms with E-state index in [0.717, 1.165) is 21.8 Å². The van der Waals surface area contributed by atoms with E-state index in [4.69, 9.17) is 0 Å². The van der Waals surface area contributed by atoms with Gasteiger partial charge in [0.1, 0.15) is 0 Å². The summed E-state index contributed by atoms with van der Waals surface area (Å²) in [4.78, 5) is 15.3. The maximum absolute atomic E-state index is 12.5. The smallest absolute Gasteiger partial charge is 0.264 e. The van der Waals surface area contributed by atoms with Crippen LogP contribution in [0.1, 0.15) is 34.0 Å². The van der Waals surface area contributed by atoms with Crippen LogP contribution >= 0.6 is 27.3 Å². The van der Waals surface area contributed by atoms with Crippen LogP contribution < -0.4 is 0 Å². The number of hydrogen-bond acceptors (Lipinski definition) is 2. The van der Waals surface area contributed by atoms with Crippen LogP contribution in [0.25, 0.3) is 0 Å². The Hall–Kier alpha value is -1.07. The predicted octanol–water partition coefficient (Wildman–Crippen LogP) is 3.84. The molecular formula is C14H15BrN2OS. The van der Waals surface area contributed by atoms with Crippen LogP contribution in [0.4, 0.5) is 0 Å². The normalized spacial score (nSPS) is 18.5. The molecular weight excluding hydrogens is 324 g/mol. The lowest BCUT2D eigenvalue weighted by atomic mass is 10.1. The van der Waals surface area contributed by atoms with E-state index in [-0.39, 0.29) is 11.9 Å². The highest BCUT2D eigenvalue weighted by Crippen LogP contribution is 2.30. The van der Waals surface area contributed by atoms with Gasteiger partial charge in [0, 0.05) is 24.5 Å². The second-order valence-corrected chi connectivity index (χ2v) is 7.29. The maximum Gasteiger partial charge on any atom is 0.264 e. The molecule has 5 heteroatoms. The molecule has 3 heterocycles. The van der Waals surface area contributed by atoms with Crippen molar-refractivity contribution < 1.29 is 4.79 Å². The fraction of sp³-hybridized carbons (Fsp3) is 0.357. The van der Waals surface area contributed by atoms with E-state index in [1.165, 1.54) is 22.7 Å². The summed E-state index contributed by atoms with van der Waals surface area (Å²) in [5.41, 5.74) is 2.50. The molecule has 3 nitrogen and oxygen atoms in total. The molecule has 3 rings (SSSR count). The lowest BCUT2D eigenvalue weighted by molar-refractivity contribution is 0.0648. The minimum absolute atomic E-state index is 0.133. The molecule has 100 valence electrons. The number of rotatable bonds is 1. The van der Waals surface area contributed by atoms with E-state index in [1.54, 1.807) is 0 Å². The Balaban J connectivity index is 1.90. The molecule has 0 spiro atoms. The highest BCUT2D eigenvalue weighted by atomic mass is 79.9. The van der Waals surface area contributed by atoms with Crippen molar-refractivity contribution in [2.24, 2.45) is 0 Å². The minimum Gasteiger partial charge on any atom is -0.345 e. The first-order valence-corrected chi connectivity index (χ1v) is 7.91. The van der Waals surface area contributed by atoms with Gasteiger partial charge in [-0.15, -0.1) is 11.3 Å². The topological polar surface area (TPSA) is 25.2 Å². The second-order valence-electron chi connectivity index (χ2n) is 4.83. The lowest BCUT2D eigenvalue weighted by Crippen LogP contribution is -2.40. The van der Waals surface area contributed by atoms with Crippen LogP contribution in [0, 0.1) is 6.92 Å².